The number of aliphatic imine (C=N–C) groups is 1. The highest BCUT2D eigenvalue weighted by molar-refractivity contribution is 5.84. The number of likely N-dealkylation sites (N-methyl/N-ethyl adjacent to an activating group) is 1. The smallest absolute Gasteiger partial charge is 0.243 e. The van der Waals surface area contributed by atoms with Gasteiger partial charge in [0.1, 0.15) is 6.54 Å². The Hall–Kier alpha value is -2.05. The summed E-state index contributed by atoms with van der Waals surface area (Å²) in [4.78, 5) is 17.9. The minimum atomic E-state index is 0.0115. The van der Waals surface area contributed by atoms with Crippen LogP contribution in [-0.2, 0) is 11.3 Å². The summed E-state index contributed by atoms with van der Waals surface area (Å²) in [7, 11) is 3.52. The van der Waals surface area contributed by atoms with E-state index in [1.807, 2.05) is 11.6 Å². The zero-order valence-corrected chi connectivity index (χ0v) is 16.7. The fourth-order valence-electron chi connectivity index (χ4n) is 3.22. The van der Waals surface area contributed by atoms with E-state index in [4.69, 9.17) is 0 Å². The lowest BCUT2D eigenvalue weighted by molar-refractivity contribution is -0.127. The summed E-state index contributed by atoms with van der Waals surface area (Å²) in [6, 6.07) is 2.55. The molecule has 2 rings (SSSR count). The van der Waals surface area contributed by atoms with Gasteiger partial charge in [-0.1, -0.05) is 19.3 Å². The van der Waals surface area contributed by atoms with Gasteiger partial charge in [0.25, 0.3) is 0 Å². The summed E-state index contributed by atoms with van der Waals surface area (Å²) >= 11 is 0. The van der Waals surface area contributed by atoms with Crippen LogP contribution in [0.25, 0.3) is 0 Å². The van der Waals surface area contributed by atoms with E-state index in [9.17, 15) is 4.79 Å². The molecule has 1 aliphatic rings. The van der Waals surface area contributed by atoms with Gasteiger partial charge in [-0.3, -0.25) is 9.48 Å². The molecule has 1 heterocycles. The van der Waals surface area contributed by atoms with Gasteiger partial charge in [0.2, 0.25) is 5.91 Å². The molecule has 1 saturated carbocycles. The molecule has 0 saturated heterocycles. The number of aryl methyl sites for hydroxylation is 3. The van der Waals surface area contributed by atoms with Crippen LogP contribution >= 0.6 is 0 Å². The van der Waals surface area contributed by atoms with Gasteiger partial charge in [0, 0.05) is 38.9 Å². The largest absolute Gasteiger partial charge is 0.356 e. The maximum Gasteiger partial charge on any atom is 0.243 e. The zero-order chi connectivity index (χ0) is 18.9. The number of guanidine groups is 1. The fraction of sp³-hybridized carbons (Fsp3) is 0.737. The van der Waals surface area contributed by atoms with E-state index in [2.05, 4.69) is 33.7 Å². The van der Waals surface area contributed by atoms with Crippen molar-refractivity contribution in [1.82, 2.24) is 25.3 Å². The third-order valence-corrected chi connectivity index (χ3v) is 4.76. The molecule has 1 aromatic heterocycles. The molecule has 0 aromatic carbocycles. The number of nitrogens with one attached hydrogen (secondary N) is 2. The van der Waals surface area contributed by atoms with E-state index in [0.717, 1.165) is 31.2 Å². The number of hydrogen-bond acceptors (Lipinski definition) is 3. The average Bonchev–Trinajstić information content (AvgIpc) is 2.94. The van der Waals surface area contributed by atoms with Gasteiger partial charge >= 0.3 is 0 Å². The van der Waals surface area contributed by atoms with Crippen LogP contribution in [0.2, 0.25) is 0 Å². The van der Waals surface area contributed by atoms with Crippen LogP contribution in [0.5, 0.6) is 0 Å². The number of carbonyl (C=O) groups excluding carboxylic acids is 1. The molecule has 7 heteroatoms. The maximum absolute atomic E-state index is 11.8. The molecule has 26 heavy (non-hydrogen) atoms. The Morgan fingerprint density at radius 2 is 2.04 bits per heavy atom. The Morgan fingerprint density at radius 3 is 2.65 bits per heavy atom. The average molecular weight is 363 g/mol. The Kier molecular flexibility index (Phi) is 7.94. The van der Waals surface area contributed by atoms with Crippen LogP contribution in [0.4, 0.5) is 0 Å². The standard InChI is InChI=1S/C19H34N6O/c1-15-13-16(2)25(23-15)12-8-11-20-19(21-14-18(26)24(3)4)22-17-9-6-5-7-10-17/h13,17H,5-12,14H2,1-4H3,(H2,20,21,22). The van der Waals surface area contributed by atoms with Crippen molar-refractivity contribution in [2.75, 3.05) is 27.2 Å². The number of carbonyl (C=O) groups is 1. The molecule has 1 aliphatic carbocycles. The summed E-state index contributed by atoms with van der Waals surface area (Å²) in [5.41, 5.74) is 2.24. The minimum Gasteiger partial charge on any atom is -0.356 e. The normalized spacial score (nSPS) is 15.8. The zero-order valence-electron chi connectivity index (χ0n) is 16.7. The molecule has 1 fully saturated rings. The van der Waals surface area contributed by atoms with Crippen molar-refractivity contribution in [3.8, 4) is 0 Å². The van der Waals surface area contributed by atoms with Gasteiger partial charge in [0.15, 0.2) is 5.96 Å². The lowest BCUT2D eigenvalue weighted by Gasteiger charge is -2.25. The van der Waals surface area contributed by atoms with Crippen LogP contribution in [0.3, 0.4) is 0 Å². The van der Waals surface area contributed by atoms with Crippen LogP contribution in [0.15, 0.2) is 11.1 Å². The summed E-state index contributed by atoms with van der Waals surface area (Å²) in [5.74, 6) is 0.762. The van der Waals surface area contributed by atoms with Crippen molar-refractivity contribution in [3.05, 3.63) is 17.5 Å². The molecule has 1 amide bonds. The summed E-state index contributed by atoms with van der Waals surface area (Å²) in [6.45, 7) is 5.94. The topological polar surface area (TPSA) is 74.6 Å². The van der Waals surface area contributed by atoms with E-state index in [-0.39, 0.29) is 12.5 Å². The van der Waals surface area contributed by atoms with Crippen molar-refractivity contribution in [2.24, 2.45) is 4.99 Å². The number of aromatic nitrogens is 2. The van der Waals surface area contributed by atoms with Crippen LogP contribution in [0, 0.1) is 13.8 Å². The van der Waals surface area contributed by atoms with Gasteiger partial charge in [-0.2, -0.15) is 5.10 Å². The maximum atomic E-state index is 11.8. The third kappa shape index (κ3) is 6.69. The van der Waals surface area contributed by atoms with Gasteiger partial charge in [-0.25, -0.2) is 4.99 Å². The van der Waals surface area contributed by atoms with Gasteiger partial charge < -0.3 is 15.5 Å². The molecule has 0 aliphatic heterocycles. The highest BCUT2D eigenvalue weighted by Crippen LogP contribution is 2.17. The predicted molar refractivity (Wildman–Crippen MR) is 105 cm³/mol. The number of rotatable bonds is 7. The first-order valence-corrected chi connectivity index (χ1v) is 9.72. The van der Waals surface area contributed by atoms with Crippen LogP contribution in [-0.4, -0.2) is 59.8 Å². The molecule has 0 bridgehead atoms. The fourth-order valence-corrected chi connectivity index (χ4v) is 3.22. The van der Waals surface area contributed by atoms with Crippen molar-refractivity contribution >= 4 is 11.9 Å². The highest BCUT2D eigenvalue weighted by Gasteiger charge is 2.15. The molecule has 0 atom stereocenters. The molecular formula is C19H34N6O. The molecule has 0 unspecified atom stereocenters. The Bertz CT molecular complexity index is 601. The van der Waals surface area contributed by atoms with E-state index in [1.54, 1.807) is 19.0 Å². The monoisotopic (exact) mass is 362 g/mol. The number of amides is 1. The van der Waals surface area contributed by atoms with E-state index in [1.165, 1.54) is 37.8 Å². The summed E-state index contributed by atoms with van der Waals surface area (Å²) in [6.07, 6.45) is 7.15. The second-order valence-corrected chi connectivity index (χ2v) is 7.36. The quantitative estimate of drug-likeness (QED) is 0.441. The first-order valence-electron chi connectivity index (χ1n) is 9.72. The Morgan fingerprint density at radius 1 is 1.31 bits per heavy atom. The molecule has 0 spiro atoms. The Labute approximate surface area is 157 Å². The predicted octanol–water partition coefficient (Wildman–Crippen LogP) is 1.85. The first-order chi connectivity index (χ1) is 12.5. The summed E-state index contributed by atoms with van der Waals surface area (Å²) in [5, 5.41) is 11.4. The second-order valence-electron chi connectivity index (χ2n) is 7.36. The molecule has 2 N–H and O–H groups in total. The van der Waals surface area contributed by atoms with Gasteiger partial charge in [-0.05, 0) is 39.2 Å². The molecule has 7 nitrogen and oxygen atoms in total. The van der Waals surface area contributed by atoms with Crippen molar-refractivity contribution < 1.29 is 4.79 Å². The molecule has 146 valence electrons. The molecular weight excluding hydrogens is 328 g/mol. The van der Waals surface area contributed by atoms with Crippen LogP contribution in [0.1, 0.15) is 49.9 Å². The lowest BCUT2D eigenvalue weighted by atomic mass is 9.96. The van der Waals surface area contributed by atoms with Crippen molar-refractivity contribution in [3.63, 3.8) is 0 Å². The Balaban J connectivity index is 1.84. The second kappa shape index (κ2) is 10.2. The van der Waals surface area contributed by atoms with E-state index < -0.39 is 0 Å². The van der Waals surface area contributed by atoms with Gasteiger partial charge in [-0.15, -0.1) is 0 Å². The van der Waals surface area contributed by atoms with Gasteiger partial charge in [0.05, 0.1) is 5.69 Å². The lowest BCUT2D eigenvalue weighted by Crippen LogP contribution is -2.45. The van der Waals surface area contributed by atoms with E-state index >= 15 is 0 Å². The molecule has 1 aromatic rings. The number of nitrogens with zero attached hydrogens (tertiary/aromatic N) is 4. The first kappa shape index (κ1) is 20.3. The SMILES string of the molecule is Cc1cc(C)n(CCCNC(=NCC(=O)N(C)C)NC2CCCCC2)n1. The summed E-state index contributed by atoms with van der Waals surface area (Å²) < 4.78 is 2.04. The van der Waals surface area contributed by atoms with Crippen LogP contribution < -0.4 is 10.6 Å². The third-order valence-electron chi connectivity index (χ3n) is 4.76. The molecule has 0 radical (unpaired) electrons. The highest BCUT2D eigenvalue weighted by atomic mass is 16.2. The van der Waals surface area contributed by atoms with Crippen molar-refractivity contribution in [1.29, 1.82) is 0 Å². The van der Waals surface area contributed by atoms with E-state index in [0.29, 0.717) is 6.04 Å². The van der Waals surface area contributed by atoms with Crippen molar-refractivity contribution in [2.45, 2.75) is 65.0 Å². The minimum absolute atomic E-state index is 0.0115. The number of hydrogen-bond donors (Lipinski definition) is 2.